The summed E-state index contributed by atoms with van der Waals surface area (Å²) in [7, 11) is 0. The highest BCUT2D eigenvalue weighted by atomic mass is 14.6. The Morgan fingerprint density at radius 1 is 0.538 bits per heavy atom. The van der Waals surface area contributed by atoms with E-state index in [0.29, 0.717) is 0 Å². The molecule has 0 amide bonds. The van der Waals surface area contributed by atoms with E-state index in [-0.39, 0.29) is 11.8 Å². The number of anilines is 2. The number of para-hydroxylation sites is 2. The van der Waals surface area contributed by atoms with Crippen LogP contribution in [0, 0.1) is 0 Å². The molecule has 134 valence electrons. The molecule has 2 atom stereocenters. The number of rotatable bonds is 6. The standard InChI is InChI=1S/C24H28N2/c1-3-17(21-13-7-9-15-23(21)25)19-11-5-6-12-20(19)18(4-2)22-14-8-10-16-24(22)26/h5-18H,3-4,25-26H2,1-2H3. The minimum absolute atomic E-state index is 0.284. The minimum atomic E-state index is 0.284. The third kappa shape index (κ3) is 3.45. The predicted molar refractivity (Wildman–Crippen MR) is 112 cm³/mol. The van der Waals surface area contributed by atoms with Crippen molar-refractivity contribution in [3.05, 3.63) is 95.1 Å². The predicted octanol–water partition coefficient (Wildman–Crippen LogP) is 5.93. The molecule has 0 spiro atoms. The molecule has 0 aliphatic rings. The highest BCUT2D eigenvalue weighted by Gasteiger charge is 2.23. The molecule has 2 unspecified atom stereocenters. The zero-order valence-electron chi connectivity index (χ0n) is 15.7. The van der Waals surface area contributed by atoms with E-state index < -0.39 is 0 Å². The van der Waals surface area contributed by atoms with E-state index in [1.54, 1.807) is 0 Å². The Morgan fingerprint density at radius 2 is 0.846 bits per heavy atom. The smallest absolute Gasteiger partial charge is 0.0352 e. The van der Waals surface area contributed by atoms with Gasteiger partial charge in [-0.1, -0.05) is 74.5 Å². The van der Waals surface area contributed by atoms with Crippen LogP contribution in [-0.4, -0.2) is 0 Å². The van der Waals surface area contributed by atoms with Crippen LogP contribution in [0.15, 0.2) is 72.8 Å². The fraction of sp³-hybridized carbons (Fsp3) is 0.250. The molecule has 0 aromatic heterocycles. The van der Waals surface area contributed by atoms with Gasteiger partial charge in [-0.2, -0.15) is 0 Å². The first kappa shape index (κ1) is 18.1. The van der Waals surface area contributed by atoms with Crippen molar-refractivity contribution in [2.75, 3.05) is 11.5 Å². The summed E-state index contributed by atoms with van der Waals surface area (Å²) in [4.78, 5) is 0. The van der Waals surface area contributed by atoms with Crippen LogP contribution < -0.4 is 11.5 Å². The summed E-state index contributed by atoms with van der Waals surface area (Å²) in [6, 6.07) is 25.2. The second kappa shape index (κ2) is 8.09. The van der Waals surface area contributed by atoms with E-state index in [1.807, 2.05) is 24.3 Å². The Kier molecular flexibility index (Phi) is 5.62. The van der Waals surface area contributed by atoms with Crippen LogP contribution in [0.25, 0.3) is 0 Å². The van der Waals surface area contributed by atoms with Gasteiger partial charge in [-0.25, -0.2) is 0 Å². The van der Waals surface area contributed by atoms with Gasteiger partial charge in [0.2, 0.25) is 0 Å². The van der Waals surface area contributed by atoms with E-state index in [9.17, 15) is 0 Å². The van der Waals surface area contributed by atoms with Gasteiger partial charge in [0, 0.05) is 23.2 Å². The summed E-state index contributed by atoms with van der Waals surface area (Å²) in [5, 5.41) is 0. The fourth-order valence-electron chi connectivity index (χ4n) is 4.02. The van der Waals surface area contributed by atoms with E-state index >= 15 is 0 Å². The summed E-state index contributed by atoms with van der Waals surface area (Å²) in [5.41, 5.74) is 19.5. The molecule has 0 aliphatic carbocycles. The molecule has 2 heteroatoms. The largest absolute Gasteiger partial charge is 0.398 e. The van der Waals surface area contributed by atoms with Gasteiger partial charge in [-0.3, -0.25) is 0 Å². The van der Waals surface area contributed by atoms with Crippen LogP contribution in [0.2, 0.25) is 0 Å². The van der Waals surface area contributed by atoms with Gasteiger partial charge in [0.1, 0.15) is 0 Å². The number of benzene rings is 3. The molecule has 3 rings (SSSR count). The summed E-state index contributed by atoms with van der Waals surface area (Å²) in [5.74, 6) is 0.567. The topological polar surface area (TPSA) is 52.0 Å². The molecule has 4 N–H and O–H groups in total. The Bertz CT molecular complexity index is 797. The molecule has 0 radical (unpaired) electrons. The maximum atomic E-state index is 6.31. The molecule has 0 aliphatic heterocycles. The lowest BCUT2D eigenvalue weighted by Gasteiger charge is -2.26. The van der Waals surface area contributed by atoms with Gasteiger partial charge in [-0.15, -0.1) is 0 Å². The first-order chi connectivity index (χ1) is 12.7. The van der Waals surface area contributed by atoms with E-state index in [2.05, 4.69) is 62.4 Å². The molecule has 0 bridgehead atoms. The van der Waals surface area contributed by atoms with Gasteiger partial charge in [0.05, 0.1) is 0 Å². The van der Waals surface area contributed by atoms with Crippen LogP contribution in [0.4, 0.5) is 11.4 Å². The van der Waals surface area contributed by atoms with E-state index in [0.717, 1.165) is 24.2 Å². The normalized spacial score (nSPS) is 13.3. The lowest BCUT2D eigenvalue weighted by atomic mass is 9.79. The van der Waals surface area contributed by atoms with Crippen molar-refractivity contribution in [1.29, 1.82) is 0 Å². The lowest BCUT2D eigenvalue weighted by Crippen LogP contribution is -2.11. The molecule has 0 saturated heterocycles. The third-order valence-corrected chi connectivity index (χ3v) is 5.31. The van der Waals surface area contributed by atoms with Gasteiger partial charge in [0.25, 0.3) is 0 Å². The molecular formula is C24H28N2. The van der Waals surface area contributed by atoms with Crippen molar-refractivity contribution in [2.24, 2.45) is 0 Å². The van der Waals surface area contributed by atoms with Crippen molar-refractivity contribution in [1.82, 2.24) is 0 Å². The number of hydrogen-bond acceptors (Lipinski definition) is 2. The monoisotopic (exact) mass is 344 g/mol. The van der Waals surface area contributed by atoms with Crippen LogP contribution in [0.3, 0.4) is 0 Å². The zero-order valence-corrected chi connectivity index (χ0v) is 15.7. The molecule has 3 aromatic carbocycles. The molecule has 2 nitrogen and oxygen atoms in total. The van der Waals surface area contributed by atoms with Gasteiger partial charge in [0.15, 0.2) is 0 Å². The van der Waals surface area contributed by atoms with Crippen molar-refractivity contribution in [2.45, 2.75) is 38.5 Å². The van der Waals surface area contributed by atoms with Gasteiger partial charge in [-0.05, 0) is 47.2 Å². The minimum Gasteiger partial charge on any atom is -0.398 e. The highest BCUT2D eigenvalue weighted by Crippen LogP contribution is 2.40. The second-order valence-corrected chi connectivity index (χ2v) is 6.81. The molecule has 3 aromatic rings. The Labute approximate surface area is 156 Å². The molecule has 0 fully saturated rings. The maximum Gasteiger partial charge on any atom is 0.0352 e. The van der Waals surface area contributed by atoms with Crippen LogP contribution >= 0.6 is 0 Å². The Balaban J connectivity index is 2.13. The number of hydrogen-bond donors (Lipinski definition) is 2. The van der Waals surface area contributed by atoms with Crippen LogP contribution in [0.5, 0.6) is 0 Å². The quantitative estimate of drug-likeness (QED) is 0.544. The summed E-state index contributed by atoms with van der Waals surface area (Å²) in [6.45, 7) is 4.46. The maximum absolute atomic E-state index is 6.31. The van der Waals surface area contributed by atoms with Gasteiger partial charge >= 0.3 is 0 Å². The Morgan fingerprint density at radius 3 is 1.15 bits per heavy atom. The SMILES string of the molecule is CCC(c1ccccc1N)c1ccccc1C(CC)c1ccccc1N. The molecular weight excluding hydrogens is 316 g/mol. The van der Waals surface area contributed by atoms with Gasteiger partial charge < -0.3 is 11.5 Å². The number of nitrogen functional groups attached to an aromatic ring is 2. The Hall–Kier alpha value is -2.74. The average molecular weight is 345 g/mol. The summed E-state index contributed by atoms with van der Waals surface area (Å²) < 4.78 is 0. The van der Waals surface area contributed by atoms with Crippen molar-refractivity contribution < 1.29 is 0 Å². The fourth-order valence-corrected chi connectivity index (χ4v) is 4.02. The number of nitrogens with two attached hydrogens (primary N) is 2. The van der Waals surface area contributed by atoms with Crippen molar-refractivity contribution >= 4 is 11.4 Å². The molecule has 0 saturated carbocycles. The second-order valence-electron chi connectivity index (χ2n) is 6.81. The molecule has 26 heavy (non-hydrogen) atoms. The first-order valence-corrected chi connectivity index (χ1v) is 9.44. The highest BCUT2D eigenvalue weighted by molar-refractivity contribution is 5.56. The summed E-state index contributed by atoms with van der Waals surface area (Å²) >= 11 is 0. The zero-order chi connectivity index (χ0) is 18.5. The molecule has 0 heterocycles. The van der Waals surface area contributed by atoms with Crippen molar-refractivity contribution in [3.63, 3.8) is 0 Å². The average Bonchev–Trinajstić information content (AvgIpc) is 2.67. The first-order valence-electron chi connectivity index (χ1n) is 9.44. The lowest BCUT2D eigenvalue weighted by molar-refractivity contribution is 0.722. The van der Waals surface area contributed by atoms with Crippen molar-refractivity contribution in [3.8, 4) is 0 Å². The van der Waals surface area contributed by atoms with E-state index in [1.165, 1.54) is 22.3 Å². The summed E-state index contributed by atoms with van der Waals surface area (Å²) in [6.07, 6.45) is 2.01. The van der Waals surface area contributed by atoms with Crippen LogP contribution in [-0.2, 0) is 0 Å². The third-order valence-electron chi connectivity index (χ3n) is 5.31. The van der Waals surface area contributed by atoms with E-state index in [4.69, 9.17) is 11.5 Å². The van der Waals surface area contributed by atoms with Crippen LogP contribution in [0.1, 0.15) is 60.8 Å².